The van der Waals surface area contributed by atoms with Crippen LogP contribution in [-0.2, 0) is 20.9 Å². The van der Waals surface area contributed by atoms with Crippen molar-refractivity contribution in [3.05, 3.63) is 48.2 Å². The SMILES string of the molecule is COc1ccc2nccc(CN(CCCC3CN(c4ccc5c(c4)NC(=O)CS5)C(=O)O3)CC(=O)O)c2n1.Cl. The molecule has 4 heterocycles. The Morgan fingerprint density at radius 1 is 1.28 bits per heavy atom. The number of fused-ring (bicyclic) bond motifs is 2. The fourth-order valence-electron chi connectivity index (χ4n) is 4.61. The number of halogens is 1. The van der Waals surface area contributed by atoms with E-state index in [0.29, 0.717) is 66.5 Å². The number of hydrogen-bond acceptors (Lipinski definition) is 9. The highest BCUT2D eigenvalue weighted by atomic mass is 35.5. The zero-order valence-corrected chi connectivity index (χ0v) is 22.8. The van der Waals surface area contributed by atoms with Crippen molar-refractivity contribution in [2.75, 3.05) is 42.7 Å². The molecule has 1 unspecified atom stereocenters. The molecule has 0 bridgehead atoms. The van der Waals surface area contributed by atoms with Crippen molar-refractivity contribution in [3.8, 4) is 5.88 Å². The Balaban J connectivity index is 0.00000353. The molecule has 1 saturated heterocycles. The van der Waals surface area contributed by atoms with Gasteiger partial charge in [0.15, 0.2) is 0 Å². The molecule has 2 N–H and O–H groups in total. The molecule has 2 amide bonds. The van der Waals surface area contributed by atoms with Crippen LogP contribution in [0, 0.1) is 0 Å². The second-order valence-corrected chi connectivity index (χ2v) is 10.1. The van der Waals surface area contributed by atoms with Crippen LogP contribution >= 0.6 is 24.2 Å². The Morgan fingerprint density at radius 3 is 2.92 bits per heavy atom. The predicted molar refractivity (Wildman–Crippen MR) is 149 cm³/mol. The molecule has 1 fully saturated rings. The molecule has 1 aromatic carbocycles. The van der Waals surface area contributed by atoms with Crippen LogP contribution < -0.4 is 15.0 Å². The molecule has 0 aliphatic carbocycles. The first-order chi connectivity index (χ1) is 18.4. The number of carbonyl (C=O) groups is 3. The second-order valence-electron chi connectivity index (χ2n) is 9.07. The van der Waals surface area contributed by atoms with E-state index in [4.69, 9.17) is 9.47 Å². The zero-order chi connectivity index (χ0) is 26.6. The van der Waals surface area contributed by atoms with Crippen molar-refractivity contribution in [1.82, 2.24) is 14.9 Å². The average molecular weight is 574 g/mol. The Morgan fingerprint density at radius 2 is 2.13 bits per heavy atom. The standard InChI is InChI=1S/C26H27N5O6S.ClH/c1-36-23-7-5-19-25(29-23)16(8-9-27-19)12-30(14-24(33)34)10-2-3-18-13-31(26(35)37-18)17-4-6-21-20(11-17)28-22(32)15-38-21;/h4-9,11,18H,2-3,10,12-15H2,1H3,(H,28,32)(H,33,34);1H. The number of anilines is 2. The van der Waals surface area contributed by atoms with E-state index in [1.54, 1.807) is 30.3 Å². The fourth-order valence-corrected chi connectivity index (χ4v) is 5.40. The van der Waals surface area contributed by atoms with Gasteiger partial charge in [-0.05, 0) is 55.3 Å². The van der Waals surface area contributed by atoms with E-state index in [2.05, 4.69) is 15.3 Å². The first-order valence-corrected chi connectivity index (χ1v) is 13.2. The van der Waals surface area contributed by atoms with Gasteiger partial charge in [-0.3, -0.25) is 24.4 Å². The number of rotatable bonds is 10. The van der Waals surface area contributed by atoms with Crippen LogP contribution in [-0.4, -0.2) is 76.5 Å². The number of methoxy groups -OCH3 is 1. The lowest BCUT2D eigenvalue weighted by Gasteiger charge is -2.21. The summed E-state index contributed by atoms with van der Waals surface area (Å²) < 4.78 is 10.8. The summed E-state index contributed by atoms with van der Waals surface area (Å²) in [6, 6.07) is 10.9. The number of carboxylic acids is 1. The van der Waals surface area contributed by atoms with Gasteiger partial charge in [-0.2, -0.15) is 0 Å². The maximum absolute atomic E-state index is 12.6. The molecule has 2 aromatic heterocycles. The molecule has 1 atom stereocenters. The Hall–Kier alpha value is -3.61. The molecule has 0 radical (unpaired) electrons. The number of thioether (sulfide) groups is 1. The number of nitrogens with one attached hydrogen (secondary N) is 1. The van der Waals surface area contributed by atoms with E-state index in [1.165, 1.54) is 11.8 Å². The quantitative estimate of drug-likeness (QED) is 0.369. The molecule has 2 aliphatic rings. The maximum Gasteiger partial charge on any atom is 0.414 e. The number of aromatic nitrogens is 2. The number of carbonyl (C=O) groups excluding carboxylic acids is 2. The summed E-state index contributed by atoms with van der Waals surface area (Å²) in [6.45, 7) is 1.12. The summed E-state index contributed by atoms with van der Waals surface area (Å²) in [4.78, 5) is 49.1. The summed E-state index contributed by atoms with van der Waals surface area (Å²) in [7, 11) is 1.54. The molecule has 39 heavy (non-hydrogen) atoms. The minimum atomic E-state index is -0.926. The van der Waals surface area contributed by atoms with Gasteiger partial charge < -0.3 is 19.9 Å². The molecule has 3 aromatic rings. The third-order valence-corrected chi connectivity index (χ3v) is 7.46. The molecule has 13 heteroatoms. The fraction of sp³-hybridized carbons (Fsp3) is 0.346. The first-order valence-electron chi connectivity index (χ1n) is 12.2. The highest BCUT2D eigenvalue weighted by molar-refractivity contribution is 8.00. The Kier molecular flexibility index (Phi) is 9.10. The normalized spacial score (nSPS) is 16.5. The topological polar surface area (TPSA) is 134 Å². The Labute approximate surface area is 235 Å². The van der Waals surface area contributed by atoms with Gasteiger partial charge in [-0.25, -0.2) is 9.78 Å². The molecule has 0 spiro atoms. The van der Waals surface area contributed by atoms with Gasteiger partial charge >= 0.3 is 12.1 Å². The van der Waals surface area contributed by atoms with Crippen LogP contribution in [0.2, 0.25) is 0 Å². The lowest BCUT2D eigenvalue weighted by atomic mass is 10.1. The predicted octanol–water partition coefficient (Wildman–Crippen LogP) is 3.80. The molecule has 5 rings (SSSR count). The first kappa shape index (κ1) is 28.4. The summed E-state index contributed by atoms with van der Waals surface area (Å²) in [5.74, 6) is -0.155. The van der Waals surface area contributed by atoms with Gasteiger partial charge in [0.25, 0.3) is 0 Å². The number of ether oxygens (including phenoxy) is 2. The summed E-state index contributed by atoms with van der Waals surface area (Å²) in [6.07, 6.45) is 2.15. The van der Waals surface area contributed by atoms with Crippen molar-refractivity contribution >= 4 is 64.5 Å². The third kappa shape index (κ3) is 6.70. The molecular weight excluding hydrogens is 546 g/mol. The van der Waals surface area contributed by atoms with Gasteiger partial charge in [0.2, 0.25) is 11.8 Å². The molecule has 11 nitrogen and oxygen atoms in total. The number of nitrogens with zero attached hydrogens (tertiary/aromatic N) is 4. The van der Waals surface area contributed by atoms with E-state index in [9.17, 15) is 19.5 Å². The van der Waals surface area contributed by atoms with Gasteiger partial charge in [0.05, 0.1) is 42.7 Å². The average Bonchev–Trinajstić information content (AvgIpc) is 3.27. The minimum Gasteiger partial charge on any atom is -0.481 e. The number of amides is 2. The van der Waals surface area contributed by atoms with E-state index < -0.39 is 12.1 Å². The Bertz CT molecular complexity index is 1390. The van der Waals surface area contributed by atoms with E-state index in [1.807, 2.05) is 29.2 Å². The largest absolute Gasteiger partial charge is 0.481 e. The van der Waals surface area contributed by atoms with Crippen molar-refractivity contribution in [2.45, 2.75) is 30.4 Å². The summed E-state index contributed by atoms with van der Waals surface area (Å²) in [5.41, 5.74) is 3.59. The number of hydrogen-bond donors (Lipinski definition) is 2. The maximum atomic E-state index is 12.6. The molecule has 0 saturated carbocycles. The van der Waals surface area contributed by atoms with Gasteiger partial charge in [0.1, 0.15) is 6.10 Å². The van der Waals surface area contributed by atoms with E-state index >= 15 is 0 Å². The summed E-state index contributed by atoms with van der Waals surface area (Å²) >= 11 is 1.46. The monoisotopic (exact) mass is 573 g/mol. The lowest BCUT2D eigenvalue weighted by molar-refractivity contribution is -0.138. The summed E-state index contributed by atoms with van der Waals surface area (Å²) in [5, 5.41) is 12.3. The van der Waals surface area contributed by atoms with Crippen LogP contribution in [0.1, 0.15) is 18.4 Å². The zero-order valence-electron chi connectivity index (χ0n) is 21.2. The van der Waals surface area contributed by atoms with Crippen LogP contribution in [0.5, 0.6) is 5.88 Å². The molecule has 2 aliphatic heterocycles. The number of cyclic esters (lactones) is 1. The van der Waals surface area contributed by atoms with E-state index in [-0.39, 0.29) is 31.0 Å². The van der Waals surface area contributed by atoms with Gasteiger partial charge in [-0.1, -0.05) is 0 Å². The number of carboxylic acid groups (broad SMARTS) is 1. The molecular formula is C26H28ClN5O6S. The number of benzene rings is 1. The smallest absolute Gasteiger partial charge is 0.414 e. The lowest BCUT2D eigenvalue weighted by Crippen LogP contribution is -2.31. The van der Waals surface area contributed by atoms with Crippen molar-refractivity contribution in [3.63, 3.8) is 0 Å². The van der Waals surface area contributed by atoms with E-state index in [0.717, 1.165) is 10.5 Å². The van der Waals surface area contributed by atoms with Crippen molar-refractivity contribution < 1.29 is 29.0 Å². The van der Waals surface area contributed by atoms with Gasteiger partial charge in [-0.15, -0.1) is 24.2 Å². The third-order valence-electron chi connectivity index (χ3n) is 6.39. The minimum absolute atomic E-state index is 0. The number of aliphatic carboxylic acids is 1. The number of pyridine rings is 2. The van der Waals surface area contributed by atoms with Gasteiger partial charge in [0, 0.05) is 29.4 Å². The molecule has 206 valence electrons. The second kappa shape index (κ2) is 12.5. The van der Waals surface area contributed by atoms with Crippen LogP contribution in [0.3, 0.4) is 0 Å². The van der Waals surface area contributed by atoms with Crippen LogP contribution in [0.15, 0.2) is 47.5 Å². The highest BCUT2D eigenvalue weighted by Gasteiger charge is 2.33. The highest BCUT2D eigenvalue weighted by Crippen LogP contribution is 2.35. The van der Waals surface area contributed by atoms with Crippen molar-refractivity contribution in [1.29, 1.82) is 0 Å². The van der Waals surface area contributed by atoms with Crippen LogP contribution in [0.25, 0.3) is 11.0 Å². The van der Waals surface area contributed by atoms with Crippen LogP contribution in [0.4, 0.5) is 16.2 Å². The van der Waals surface area contributed by atoms with Crippen molar-refractivity contribution in [2.24, 2.45) is 0 Å².